The number of hydrogen-bond acceptors (Lipinski definition) is 1. The van der Waals surface area contributed by atoms with Crippen LogP contribution in [0.1, 0.15) is 13.3 Å². The Kier molecular flexibility index (Phi) is 6.52. The van der Waals surface area contributed by atoms with Gasteiger partial charge in [0.25, 0.3) is 0 Å². The Morgan fingerprint density at radius 1 is 1.33 bits per heavy atom. The molecule has 0 heterocycles. The maximum Gasteiger partial charge on any atom is 0.135 e. The van der Waals surface area contributed by atoms with Crippen LogP contribution in [0.3, 0.4) is 0 Å². The van der Waals surface area contributed by atoms with Crippen molar-refractivity contribution in [2.24, 2.45) is 0 Å². The molecule has 0 bridgehead atoms. The summed E-state index contributed by atoms with van der Waals surface area (Å²) in [5.41, 5.74) is 0. The molecule has 0 aromatic rings. The average Bonchev–Trinajstić information content (AvgIpc) is 1.63. The van der Waals surface area contributed by atoms with Crippen LogP contribution in [0.25, 0.3) is 0 Å². The summed E-state index contributed by atoms with van der Waals surface area (Å²) in [7, 11) is 0. The predicted molar refractivity (Wildman–Crippen MR) is 57.1 cm³/mol. The third-order valence-corrected chi connectivity index (χ3v) is 2.82. The van der Waals surface area contributed by atoms with Gasteiger partial charge in [0.1, 0.15) is 2.14 Å². The molecule has 0 nitrogen and oxygen atoms in total. The first-order valence-electron chi connectivity index (χ1n) is 2.70. The number of alkyl halides is 3. The van der Waals surface area contributed by atoms with Crippen molar-refractivity contribution in [2.75, 3.05) is 11.5 Å². The van der Waals surface area contributed by atoms with Crippen molar-refractivity contribution in [3.8, 4) is 0 Å². The van der Waals surface area contributed by atoms with Gasteiger partial charge < -0.3 is 0 Å². The van der Waals surface area contributed by atoms with E-state index >= 15 is 0 Å². The fourth-order valence-electron chi connectivity index (χ4n) is 0.332. The van der Waals surface area contributed by atoms with Crippen molar-refractivity contribution < 1.29 is 0 Å². The highest BCUT2D eigenvalue weighted by molar-refractivity contribution is 9.39. The van der Waals surface area contributed by atoms with Gasteiger partial charge in [-0.1, -0.05) is 54.7 Å². The molecule has 0 rings (SSSR count). The fourth-order valence-corrected chi connectivity index (χ4v) is 2.45. The van der Waals surface area contributed by atoms with E-state index in [1.54, 1.807) is 0 Å². The highest BCUT2D eigenvalue weighted by Crippen LogP contribution is 2.37. The third-order valence-electron chi connectivity index (χ3n) is 0.734. The summed E-state index contributed by atoms with van der Waals surface area (Å²) in [6, 6.07) is 0. The molecule has 0 aliphatic carbocycles. The minimum Gasteiger partial charge on any atom is -0.162 e. The fraction of sp³-hybridized carbons (Fsp3) is 1.00. The van der Waals surface area contributed by atoms with Crippen molar-refractivity contribution >= 4 is 59.6 Å². The molecular weight excluding hydrogens is 332 g/mol. The van der Waals surface area contributed by atoms with Gasteiger partial charge in [-0.2, -0.15) is 11.8 Å². The lowest BCUT2D eigenvalue weighted by Crippen LogP contribution is -2.00. The predicted octanol–water partition coefficient (Wildman–Crippen LogP) is 3.97. The lowest BCUT2D eigenvalue weighted by atomic mass is 10.6. The van der Waals surface area contributed by atoms with Crippen LogP contribution >= 0.6 is 59.6 Å². The normalized spacial score (nSPS) is 12.0. The molecule has 9 heavy (non-hydrogen) atoms. The Labute approximate surface area is 85.9 Å². The van der Waals surface area contributed by atoms with Gasteiger partial charge in [0, 0.05) is 0 Å². The largest absolute Gasteiger partial charge is 0.162 e. The standard InChI is InChI=1S/C5H9Br3S/c1-2-9-4-3-5(6,7)8/h2-4H2,1H3. The van der Waals surface area contributed by atoms with Gasteiger partial charge in [-0.05, 0) is 17.9 Å². The Balaban J connectivity index is 3.07. The summed E-state index contributed by atoms with van der Waals surface area (Å²) in [5, 5.41) is 0. The summed E-state index contributed by atoms with van der Waals surface area (Å²) in [6.07, 6.45) is 1.09. The zero-order chi connectivity index (χ0) is 7.33. The van der Waals surface area contributed by atoms with Crippen LogP contribution in [0.5, 0.6) is 0 Å². The van der Waals surface area contributed by atoms with E-state index in [9.17, 15) is 0 Å². The van der Waals surface area contributed by atoms with Crippen LogP contribution < -0.4 is 0 Å². The molecule has 0 N–H and O–H groups in total. The van der Waals surface area contributed by atoms with Crippen LogP contribution in [0.2, 0.25) is 0 Å². The molecule has 0 aromatic carbocycles. The SMILES string of the molecule is CCSCCC(Br)(Br)Br. The van der Waals surface area contributed by atoms with Crippen LogP contribution in [-0.2, 0) is 0 Å². The van der Waals surface area contributed by atoms with Crippen LogP contribution in [-0.4, -0.2) is 13.6 Å². The molecule has 0 fully saturated rings. The third kappa shape index (κ3) is 9.79. The molecule has 0 saturated carbocycles. The molecule has 0 unspecified atom stereocenters. The Hall–Kier alpha value is 1.79. The first-order chi connectivity index (χ1) is 4.06. The first kappa shape index (κ1) is 10.8. The maximum atomic E-state index is 3.43. The van der Waals surface area contributed by atoms with E-state index < -0.39 is 0 Å². The van der Waals surface area contributed by atoms with Crippen molar-refractivity contribution in [2.45, 2.75) is 15.5 Å². The van der Waals surface area contributed by atoms with E-state index in [0.29, 0.717) is 0 Å². The second-order valence-electron chi connectivity index (χ2n) is 1.56. The highest BCUT2D eigenvalue weighted by Gasteiger charge is 2.15. The Morgan fingerprint density at radius 2 is 1.89 bits per heavy atom. The zero-order valence-electron chi connectivity index (χ0n) is 5.16. The highest BCUT2D eigenvalue weighted by atomic mass is 80.0. The molecule has 0 radical (unpaired) electrons. The van der Waals surface area contributed by atoms with Gasteiger partial charge in [-0.25, -0.2) is 0 Å². The van der Waals surface area contributed by atoms with E-state index in [-0.39, 0.29) is 2.14 Å². The second-order valence-corrected chi connectivity index (χ2v) is 10.2. The minimum atomic E-state index is -0.0326. The second kappa shape index (κ2) is 5.44. The number of thioether (sulfide) groups is 1. The van der Waals surface area contributed by atoms with E-state index in [1.165, 1.54) is 11.5 Å². The van der Waals surface area contributed by atoms with Crippen LogP contribution in [0.4, 0.5) is 0 Å². The lowest BCUT2D eigenvalue weighted by molar-refractivity contribution is 1.06. The smallest absolute Gasteiger partial charge is 0.135 e. The van der Waals surface area contributed by atoms with Gasteiger partial charge in [0.05, 0.1) is 0 Å². The topological polar surface area (TPSA) is 0 Å². The zero-order valence-corrected chi connectivity index (χ0v) is 10.7. The molecule has 0 atom stereocenters. The summed E-state index contributed by atoms with van der Waals surface area (Å²) in [5.74, 6) is 2.38. The van der Waals surface area contributed by atoms with Crippen molar-refractivity contribution in [3.05, 3.63) is 0 Å². The van der Waals surface area contributed by atoms with E-state index in [4.69, 9.17) is 0 Å². The molecule has 4 heteroatoms. The molecule has 0 aliphatic rings. The van der Waals surface area contributed by atoms with Crippen molar-refractivity contribution in [1.29, 1.82) is 0 Å². The van der Waals surface area contributed by atoms with Crippen LogP contribution in [0.15, 0.2) is 0 Å². The first-order valence-corrected chi connectivity index (χ1v) is 6.24. The molecule has 0 spiro atoms. The van der Waals surface area contributed by atoms with E-state index in [2.05, 4.69) is 54.7 Å². The lowest BCUT2D eigenvalue weighted by Gasteiger charge is -2.09. The Morgan fingerprint density at radius 3 is 2.22 bits per heavy atom. The molecule has 0 aliphatic heterocycles. The summed E-state index contributed by atoms with van der Waals surface area (Å²) in [6.45, 7) is 2.17. The van der Waals surface area contributed by atoms with Crippen molar-refractivity contribution in [1.82, 2.24) is 0 Å². The van der Waals surface area contributed by atoms with Crippen LogP contribution in [0, 0.1) is 0 Å². The van der Waals surface area contributed by atoms with E-state index in [0.717, 1.165) is 6.42 Å². The van der Waals surface area contributed by atoms with E-state index in [1.807, 2.05) is 11.8 Å². The summed E-state index contributed by atoms with van der Waals surface area (Å²) in [4.78, 5) is 0. The molecule has 56 valence electrons. The van der Waals surface area contributed by atoms with Gasteiger partial charge in [-0.15, -0.1) is 0 Å². The molecule has 0 saturated heterocycles. The maximum absolute atomic E-state index is 3.43. The molecular formula is C5H9Br3S. The average molecular weight is 341 g/mol. The number of hydrogen-bond donors (Lipinski definition) is 0. The summed E-state index contributed by atoms with van der Waals surface area (Å²) >= 11 is 12.2. The minimum absolute atomic E-state index is 0.0326. The number of halogens is 3. The van der Waals surface area contributed by atoms with Crippen molar-refractivity contribution in [3.63, 3.8) is 0 Å². The summed E-state index contributed by atoms with van der Waals surface area (Å²) < 4.78 is -0.0326. The number of rotatable bonds is 3. The monoisotopic (exact) mass is 338 g/mol. The Bertz CT molecular complexity index is 69.1. The van der Waals surface area contributed by atoms with Gasteiger partial charge in [0.15, 0.2) is 0 Å². The molecule has 0 amide bonds. The van der Waals surface area contributed by atoms with Gasteiger partial charge in [-0.3, -0.25) is 0 Å². The molecule has 0 aromatic heterocycles. The quantitative estimate of drug-likeness (QED) is 0.553. The van der Waals surface area contributed by atoms with Gasteiger partial charge >= 0.3 is 0 Å². The van der Waals surface area contributed by atoms with Gasteiger partial charge in [0.2, 0.25) is 0 Å².